The highest BCUT2D eigenvalue weighted by atomic mass is 35.5. The molecule has 28 heavy (non-hydrogen) atoms. The van der Waals surface area contributed by atoms with Crippen LogP contribution in [0.3, 0.4) is 0 Å². The van der Waals surface area contributed by atoms with Gasteiger partial charge in [-0.3, -0.25) is 4.79 Å². The van der Waals surface area contributed by atoms with Gasteiger partial charge in [0.25, 0.3) is 0 Å². The number of rotatable bonds is 7. The summed E-state index contributed by atoms with van der Waals surface area (Å²) in [6.45, 7) is 0.779. The van der Waals surface area contributed by atoms with E-state index in [0.29, 0.717) is 34.6 Å². The molecule has 0 bridgehead atoms. The fourth-order valence-electron chi connectivity index (χ4n) is 2.94. The Balaban J connectivity index is 1.67. The van der Waals surface area contributed by atoms with E-state index >= 15 is 0 Å². The predicted molar refractivity (Wildman–Crippen MR) is 111 cm³/mol. The first-order chi connectivity index (χ1) is 13.5. The van der Waals surface area contributed by atoms with Crippen LogP contribution in [0.2, 0.25) is 15.1 Å². The van der Waals surface area contributed by atoms with Crippen LogP contribution in [0.1, 0.15) is 17.5 Å². The largest absolute Gasteiger partial charge is 0.390 e. The summed E-state index contributed by atoms with van der Waals surface area (Å²) in [7, 11) is 1.49. The molecule has 1 atom stereocenters. The lowest BCUT2D eigenvalue weighted by Crippen LogP contribution is -2.39. The number of carbonyl (C=O) groups is 1. The van der Waals surface area contributed by atoms with Crippen LogP contribution < -0.4 is 0 Å². The molecule has 1 amide bonds. The molecule has 0 N–H and O–H groups in total. The number of methoxy groups -OCH3 is 1. The molecular formula is C20H19Cl3N2O3. The summed E-state index contributed by atoms with van der Waals surface area (Å²) in [6, 6.07) is 12.7. The second-order valence-electron chi connectivity index (χ2n) is 6.44. The van der Waals surface area contributed by atoms with Gasteiger partial charge in [0.1, 0.15) is 6.61 Å². The minimum Gasteiger partial charge on any atom is -0.390 e. The van der Waals surface area contributed by atoms with Crippen LogP contribution >= 0.6 is 34.8 Å². The van der Waals surface area contributed by atoms with Crippen LogP contribution in [0, 0.1) is 0 Å². The summed E-state index contributed by atoms with van der Waals surface area (Å²) in [5.74, 6) is -0.130. The molecule has 0 saturated heterocycles. The van der Waals surface area contributed by atoms with Crippen molar-refractivity contribution >= 4 is 46.4 Å². The van der Waals surface area contributed by atoms with Crippen LogP contribution in [0.5, 0.6) is 0 Å². The van der Waals surface area contributed by atoms with Gasteiger partial charge in [-0.1, -0.05) is 58.2 Å². The van der Waals surface area contributed by atoms with Crippen LogP contribution in [0.4, 0.5) is 0 Å². The number of benzene rings is 2. The molecule has 0 radical (unpaired) electrons. The van der Waals surface area contributed by atoms with E-state index in [1.54, 1.807) is 23.1 Å². The second-order valence-corrected chi connectivity index (χ2v) is 7.69. The van der Waals surface area contributed by atoms with Gasteiger partial charge in [0.05, 0.1) is 22.3 Å². The maximum absolute atomic E-state index is 12.5. The van der Waals surface area contributed by atoms with Crippen molar-refractivity contribution in [2.24, 2.45) is 5.16 Å². The highest BCUT2D eigenvalue weighted by molar-refractivity contribution is 6.42. The fourth-order valence-corrected chi connectivity index (χ4v) is 3.45. The van der Waals surface area contributed by atoms with Gasteiger partial charge in [-0.25, -0.2) is 0 Å². The third-order valence-electron chi connectivity index (χ3n) is 4.29. The average Bonchev–Trinajstić information content (AvgIpc) is 3.12. The van der Waals surface area contributed by atoms with Crippen LogP contribution in [0.15, 0.2) is 47.6 Å². The van der Waals surface area contributed by atoms with Gasteiger partial charge in [-0.15, -0.1) is 0 Å². The summed E-state index contributed by atoms with van der Waals surface area (Å²) in [5.41, 5.74) is 2.55. The van der Waals surface area contributed by atoms with E-state index in [1.165, 1.54) is 7.11 Å². The van der Waals surface area contributed by atoms with E-state index in [4.69, 9.17) is 44.4 Å². The minimum absolute atomic E-state index is 0.00616. The van der Waals surface area contributed by atoms with E-state index in [9.17, 15) is 4.79 Å². The van der Waals surface area contributed by atoms with Crippen molar-refractivity contribution < 1.29 is 14.4 Å². The van der Waals surface area contributed by atoms with Gasteiger partial charge >= 0.3 is 0 Å². The Morgan fingerprint density at radius 2 is 2.04 bits per heavy atom. The van der Waals surface area contributed by atoms with Crippen LogP contribution in [0.25, 0.3) is 0 Å². The lowest BCUT2D eigenvalue weighted by atomic mass is 10.0. The molecular weight excluding hydrogens is 423 g/mol. The molecule has 1 heterocycles. The molecule has 1 aliphatic rings. The molecule has 0 aromatic heterocycles. The molecule has 5 nitrogen and oxygen atoms in total. The number of ether oxygens (including phenoxy) is 1. The molecule has 1 aliphatic heterocycles. The number of hydrogen-bond donors (Lipinski definition) is 0. The zero-order chi connectivity index (χ0) is 20.1. The Morgan fingerprint density at radius 1 is 1.21 bits per heavy atom. The van der Waals surface area contributed by atoms with Crippen LogP contribution in [-0.2, 0) is 20.9 Å². The Hall–Kier alpha value is -1.79. The first-order valence-corrected chi connectivity index (χ1v) is 9.79. The van der Waals surface area contributed by atoms with Gasteiger partial charge in [0.2, 0.25) is 5.91 Å². The number of halogens is 3. The molecule has 8 heteroatoms. The van der Waals surface area contributed by atoms with Crippen molar-refractivity contribution in [1.82, 2.24) is 4.90 Å². The Morgan fingerprint density at radius 3 is 2.75 bits per heavy atom. The Bertz CT molecular complexity index is 889. The number of nitrogens with zero attached hydrogens (tertiary/aromatic N) is 2. The summed E-state index contributed by atoms with van der Waals surface area (Å²) < 4.78 is 5.01. The topological polar surface area (TPSA) is 51.1 Å². The summed E-state index contributed by atoms with van der Waals surface area (Å²) in [5, 5.41) is 5.73. The molecule has 148 valence electrons. The van der Waals surface area contributed by atoms with Crippen molar-refractivity contribution in [1.29, 1.82) is 0 Å². The Kier molecular flexibility index (Phi) is 7.18. The number of amides is 1. The van der Waals surface area contributed by atoms with E-state index in [-0.39, 0.29) is 18.6 Å². The quantitative estimate of drug-likeness (QED) is 0.619. The molecule has 3 rings (SSSR count). The zero-order valence-electron chi connectivity index (χ0n) is 15.2. The van der Waals surface area contributed by atoms with Gasteiger partial charge in [-0.2, -0.15) is 0 Å². The number of oxime groups is 1. The van der Waals surface area contributed by atoms with Gasteiger partial charge in [0.15, 0.2) is 6.10 Å². The summed E-state index contributed by atoms with van der Waals surface area (Å²) in [6.07, 6.45) is 0.300. The van der Waals surface area contributed by atoms with Crippen molar-refractivity contribution in [2.75, 3.05) is 20.3 Å². The maximum atomic E-state index is 12.5. The van der Waals surface area contributed by atoms with E-state index in [1.807, 2.05) is 24.3 Å². The molecule has 1 unspecified atom stereocenters. The lowest BCUT2D eigenvalue weighted by Gasteiger charge is -2.25. The summed E-state index contributed by atoms with van der Waals surface area (Å²) in [4.78, 5) is 19.7. The molecule has 0 spiro atoms. The van der Waals surface area contributed by atoms with Gasteiger partial charge < -0.3 is 14.5 Å². The molecule has 0 fully saturated rings. The fraction of sp³-hybridized carbons (Fsp3) is 0.300. The third kappa shape index (κ3) is 5.39. The van der Waals surface area contributed by atoms with E-state index in [2.05, 4.69) is 5.16 Å². The highest BCUT2D eigenvalue weighted by Crippen LogP contribution is 2.26. The standard InChI is InChI=1S/C20H19Cl3N2O3/c1-27-12-20(26)25(10-13-3-2-4-15(21)7-13)11-16-9-19(24-28-16)14-5-6-17(22)18(23)8-14/h2-8,16H,9-12H2,1H3. The van der Waals surface area contributed by atoms with Crippen molar-refractivity contribution in [3.05, 3.63) is 68.7 Å². The zero-order valence-corrected chi connectivity index (χ0v) is 17.5. The second kappa shape index (κ2) is 9.61. The molecule has 0 aliphatic carbocycles. The van der Waals surface area contributed by atoms with Crippen molar-refractivity contribution in [3.8, 4) is 0 Å². The van der Waals surface area contributed by atoms with Gasteiger partial charge in [0, 0.05) is 30.7 Å². The summed E-state index contributed by atoms with van der Waals surface area (Å²) >= 11 is 18.1. The molecule has 0 saturated carbocycles. The molecule has 2 aromatic rings. The van der Waals surface area contributed by atoms with E-state index in [0.717, 1.165) is 16.8 Å². The normalized spacial score (nSPS) is 15.9. The number of carbonyl (C=O) groups excluding carboxylic acids is 1. The van der Waals surface area contributed by atoms with Crippen molar-refractivity contribution in [2.45, 2.75) is 19.1 Å². The first-order valence-electron chi connectivity index (χ1n) is 8.65. The monoisotopic (exact) mass is 440 g/mol. The van der Waals surface area contributed by atoms with Crippen molar-refractivity contribution in [3.63, 3.8) is 0 Å². The highest BCUT2D eigenvalue weighted by Gasteiger charge is 2.27. The third-order valence-corrected chi connectivity index (χ3v) is 5.27. The maximum Gasteiger partial charge on any atom is 0.248 e. The van der Waals surface area contributed by atoms with Crippen LogP contribution in [-0.4, -0.2) is 42.9 Å². The van der Waals surface area contributed by atoms with E-state index < -0.39 is 0 Å². The van der Waals surface area contributed by atoms with Gasteiger partial charge in [-0.05, 0) is 29.8 Å². The predicted octanol–water partition coefficient (Wildman–Crippen LogP) is 4.82. The Labute approximate surface area is 178 Å². The lowest BCUT2D eigenvalue weighted by molar-refractivity contribution is -0.137. The smallest absolute Gasteiger partial charge is 0.248 e. The molecule has 2 aromatic carbocycles. The average molecular weight is 442 g/mol. The number of hydrogen-bond acceptors (Lipinski definition) is 4. The minimum atomic E-state index is -0.260. The SMILES string of the molecule is COCC(=O)N(Cc1cccc(Cl)c1)CC1CC(c2ccc(Cl)c(Cl)c2)=NO1. The first kappa shape index (κ1) is 20.9.